The summed E-state index contributed by atoms with van der Waals surface area (Å²) < 4.78 is 12.3. The van der Waals surface area contributed by atoms with E-state index >= 15 is 0 Å². The molecule has 5 rings (SSSR count). The summed E-state index contributed by atoms with van der Waals surface area (Å²) in [7, 11) is 0. The van der Waals surface area contributed by atoms with Crippen LogP contribution < -0.4 is 25.4 Å². The summed E-state index contributed by atoms with van der Waals surface area (Å²) in [6.07, 6.45) is 4.85. The highest BCUT2D eigenvalue weighted by molar-refractivity contribution is 5.89. The lowest BCUT2D eigenvalue weighted by atomic mass is 10.1. The molecular formula is C24H23N7O4. The van der Waals surface area contributed by atoms with Gasteiger partial charge in [0, 0.05) is 23.5 Å². The first-order valence-electron chi connectivity index (χ1n) is 10.9. The van der Waals surface area contributed by atoms with Gasteiger partial charge in [-0.25, -0.2) is 14.5 Å². The maximum absolute atomic E-state index is 12.5. The molecular weight excluding hydrogens is 450 g/mol. The highest BCUT2D eigenvalue weighted by Crippen LogP contribution is 2.34. The summed E-state index contributed by atoms with van der Waals surface area (Å²) >= 11 is 0. The number of ether oxygens (including phenoxy) is 2. The summed E-state index contributed by atoms with van der Waals surface area (Å²) in [4.78, 5) is 21.4. The first-order valence-corrected chi connectivity index (χ1v) is 10.9. The van der Waals surface area contributed by atoms with Gasteiger partial charge in [0.2, 0.25) is 12.7 Å². The SMILES string of the molecule is Cc1cnc(Nc2ccc3c(c2)OCO3)nc1-n1cc(NC(=O)NC(CO)c2ccccc2)cn1. The fourth-order valence-corrected chi connectivity index (χ4v) is 3.58. The van der Waals surface area contributed by atoms with Crippen LogP contribution in [-0.4, -0.2) is 44.3 Å². The van der Waals surface area contributed by atoms with E-state index in [1.165, 1.54) is 6.20 Å². The number of hydrogen-bond donors (Lipinski definition) is 4. The lowest BCUT2D eigenvalue weighted by Gasteiger charge is -2.16. The summed E-state index contributed by atoms with van der Waals surface area (Å²) in [6, 6.07) is 13.7. The fraction of sp³-hybridized carbons (Fsp3) is 0.167. The molecule has 0 spiro atoms. The number of fused-ring (bicyclic) bond motifs is 1. The van der Waals surface area contributed by atoms with Crippen LogP contribution in [0, 0.1) is 6.92 Å². The lowest BCUT2D eigenvalue weighted by molar-refractivity contribution is 0.174. The Morgan fingerprint density at radius 1 is 1.11 bits per heavy atom. The van der Waals surface area contributed by atoms with E-state index in [1.54, 1.807) is 17.1 Å². The molecule has 2 aromatic heterocycles. The van der Waals surface area contributed by atoms with Crippen molar-refractivity contribution >= 4 is 23.4 Å². The van der Waals surface area contributed by atoms with E-state index in [9.17, 15) is 9.90 Å². The molecule has 1 aliphatic rings. The molecule has 4 N–H and O–H groups in total. The molecule has 4 aromatic rings. The van der Waals surface area contributed by atoms with Crippen molar-refractivity contribution in [1.82, 2.24) is 25.1 Å². The summed E-state index contributed by atoms with van der Waals surface area (Å²) in [6.45, 7) is 1.84. The van der Waals surface area contributed by atoms with Gasteiger partial charge in [0.1, 0.15) is 0 Å². The smallest absolute Gasteiger partial charge is 0.319 e. The van der Waals surface area contributed by atoms with Gasteiger partial charge in [-0.1, -0.05) is 30.3 Å². The predicted molar refractivity (Wildman–Crippen MR) is 128 cm³/mol. The molecule has 0 aliphatic carbocycles. The third-order valence-electron chi connectivity index (χ3n) is 5.32. The Labute approximate surface area is 200 Å². The highest BCUT2D eigenvalue weighted by atomic mass is 16.7. The minimum Gasteiger partial charge on any atom is -0.454 e. The number of carbonyl (C=O) groups is 1. The van der Waals surface area contributed by atoms with Crippen molar-refractivity contribution in [1.29, 1.82) is 0 Å². The van der Waals surface area contributed by atoms with Gasteiger partial charge in [-0.3, -0.25) is 0 Å². The Hall–Kier alpha value is -4.64. The van der Waals surface area contributed by atoms with Crippen molar-refractivity contribution in [3.8, 4) is 17.3 Å². The van der Waals surface area contributed by atoms with E-state index in [-0.39, 0.29) is 13.4 Å². The van der Waals surface area contributed by atoms with E-state index in [0.717, 1.165) is 16.8 Å². The summed E-state index contributed by atoms with van der Waals surface area (Å²) in [5.41, 5.74) is 2.82. The average molecular weight is 473 g/mol. The average Bonchev–Trinajstić information content (AvgIpc) is 3.53. The first-order chi connectivity index (χ1) is 17.1. The normalized spacial score (nSPS) is 12.7. The van der Waals surface area contributed by atoms with Crippen molar-refractivity contribution in [2.75, 3.05) is 24.0 Å². The van der Waals surface area contributed by atoms with E-state index in [0.29, 0.717) is 29.0 Å². The molecule has 0 saturated heterocycles. The molecule has 3 heterocycles. The van der Waals surface area contributed by atoms with Crippen molar-refractivity contribution in [2.24, 2.45) is 0 Å². The third kappa shape index (κ3) is 4.99. The van der Waals surface area contributed by atoms with Gasteiger partial charge in [0.05, 0.1) is 30.7 Å². The van der Waals surface area contributed by atoms with Crippen molar-refractivity contribution in [3.63, 3.8) is 0 Å². The third-order valence-corrected chi connectivity index (χ3v) is 5.32. The molecule has 0 radical (unpaired) electrons. The number of carbonyl (C=O) groups excluding carboxylic acids is 1. The molecule has 11 nitrogen and oxygen atoms in total. The van der Waals surface area contributed by atoms with Crippen molar-refractivity contribution in [2.45, 2.75) is 13.0 Å². The molecule has 2 amide bonds. The fourth-order valence-electron chi connectivity index (χ4n) is 3.58. The number of urea groups is 1. The molecule has 178 valence electrons. The number of anilines is 3. The molecule has 11 heteroatoms. The number of aryl methyl sites for hydroxylation is 1. The second kappa shape index (κ2) is 9.69. The van der Waals surface area contributed by atoms with Gasteiger partial charge in [0.15, 0.2) is 17.3 Å². The van der Waals surface area contributed by atoms with Crippen molar-refractivity contribution < 1.29 is 19.4 Å². The van der Waals surface area contributed by atoms with Gasteiger partial charge in [-0.2, -0.15) is 10.1 Å². The van der Waals surface area contributed by atoms with Crippen LogP contribution in [-0.2, 0) is 0 Å². The minimum atomic E-state index is -0.528. The number of rotatable bonds is 7. The standard InChI is InChI=1S/C24H23N7O4/c1-15-10-25-23(27-17-7-8-20-21(9-17)35-14-34-20)30-22(15)31-12-18(11-26-31)28-24(33)29-19(13-32)16-5-3-2-4-6-16/h2-12,19,32H,13-14H2,1H3,(H,25,27,30)(H2,28,29,33). The minimum absolute atomic E-state index is 0.199. The Kier molecular flexibility index (Phi) is 6.14. The van der Waals surface area contributed by atoms with E-state index in [2.05, 4.69) is 31.0 Å². The second-order valence-electron chi connectivity index (χ2n) is 7.81. The Bertz CT molecular complexity index is 1340. The van der Waals surface area contributed by atoms with Crippen LogP contribution in [0.3, 0.4) is 0 Å². The van der Waals surface area contributed by atoms with Crippen LogP contribution in [0.25, 0.3) is 5.82 Å². The van der Waals surface area contributed by atoms with Crippen molar-refractivity contribution in [3.05, 3.63) is 78.2 Å². The number of aliphatic hydroxyl groups is 1. The monoisotopic (exact) mass is 473 g/mol. The zero-order chi connectivity index (χ0) is 24.2. The molecule has 2 aromatic carbocycles. The number of amides is 2. The first kappa shape index (κ1) is 22.2. The topological polar surface area (TPSA) is 135 Å². The van der Waals surface area contributed by atoms with Gasteiger partial charge < -0.3 is 30.5 Å². The zero-order valence-electron chi connectivity index (χ0n) is 18.8. The number of benzene rings is 2. The number of hydrogen-bond acceptors (Lipinski definition) is 8. The number of nitrogens with zero attached hydrogens (tertiary/aromatic N) is 4. The summed E-state index contributed by atoms with van der Waals surface area (Å²) in [5, 5.41) is 22.6. The van der Waals surface area contributed by atoms with Gasteiger partial charge >= 0.3 is 6.03 Å². The molecule has 1 atom stereocenters. The van der Waals surface area contributed by atoms with Gasteiger partial charge in [0.25, 0.3) is 0 Å². The maximum atomic E-state index is 12.5. The highest BCUT2D eigenvalue weighted by Gasteiger charge is 2.16. The van der Waals surface area contributed by atoms with Crippen LogP contribution in [0.1, 0.15) is 17.2 Å². The van der Waals surface area contributed by atoms with E-state index in [1.807, 2.05) is 55.5 Å². The van der Waals surface area contributed by atoms with Crippen LogP contribution >= 0.6 is 0 Å². The van der Waals surface area contributed by atoms with Gasteiger partial charge in [-0.15, -0.1) is 0 Å². The Balaban J connectivity index is 1.27. The molecule has 1 unspecified atom stereocenters. The quantitative estimate of drug-likeness (QED) is 0.321. The predicted octanol–water partition coefficient (Wildman–Crippen LogP) is 3.30. The largest absolute Gasteiger partial charge is 0.454 e. The molecule has 0 fully saturated rings. The summed E-state index contributed by atoms with van der Waals surface area (Å²) in [5.74, 6) is 2.27. The lowest BCUT2D eigenvalue weighted by Crippen LogP contribution is -2.34. The second-order valence-corrected chi connectivity index (χ2v) is 7.81. The number of nitrogens with one attached hydrogen (secondary N) is 3. The molecule has 0 bridgehead atoms. The zero-order valence-corrected chi connectivity index (χ0v) is 18.8. The maximum Gasteiger partial charge on any atom is 0.319 e. The van der Waals surface area contributed by atoms with Gasteiger partial charge in [-0.05, 0) is 24.6 Å². The number of aromatic nitrogens is 4. The van der Waals surface area contributed by atoms with Crippen LogP contribution in [0.5, 0.6) is 11.5 Å². The molecule has 1 aliphatic heterocycles. The van der Waals surface area contributed by atoms with E-state index < -0.39 is 12.1 Å². The Morgan fingerprint density at radius 3 is 2.77 bits per heavy atom. The number of aliphatic hydroxyl groups excluding tert-OH is 1. The van der Waals surface area contributed by atoms with Crippen LogP contribution in [0.4, 0.5) is 22.1 Å². The molecule has 35 heavy (non-hydrogen) atoms. The van der Waals surface area contributed by atoms with E-state index in [4.69, 9.17) is 9.47 Å². The van der Waals surface area contributed by atoms with Crippen LogP contribution in [0.2, 0.25) is 0 Å². The van der Waals surface area contributed by atoms with Crippen LogP contribution in [0.15, 0.2) is 67.1 Å². The Morgan fingerprint density at radius 2 is 1.94 bits per heavy atom. The molecule has 0 saturated carbocycles.